The van der Waals surface area contributed by atoms with Crippen molar-refractivity contribution < 1.29 is 13.3 Å². The molecule has 128 valence electrons. The Hall–Kier alpha value is -0.620. The van der Waals surface area contributed by atoms with Gasteiger partial charge in [0.25, 0.3) is 0 Å². The summed E-state index contributed by atoms with van der Waals surface area (Å²) in [6.07, 6.45) is 8.25. The Morgan fingerprint density at radius 2 is 1.61 bits per heavy atom. The van der Waals surface area contributed by atoms with Crippen LogP contribution < -0.4 is 9.62 Å². The molecular weight excluding hydrogens is 332 g/mol. The van der Waals surface area contributed by atoms with E-state index in [1.807, 2.05) is 0 Å². The average Bonchev–Trinajstić information content (AvgIpc) is 2.56. The van der Waals surface area contributed by atoms with Gasteiger partial charge in [0.15, 0.2) is 0 Å². The molecule has 2 atom stereocenters. The molecule has 6 heteroatoms. The zero-order chi connectivity index (χ0) is 16.3. The number of hydrogen-bond donors (Lipinski definition) is 2. The minimum Gasteiger partial charge on any atom is -0.331 e. The van der Waals surface area contributed by atoms with Gasteiger partial charge in [-0.1, -0.05) is 18.0 Å². The van der Waals surface area contributed by atoms with Gasteiger partial charge < -0.3 is 4.90 Å². The van der Waals surface area contributed by atoms with Crippen molar-refractivity contribution >= 4 is 21.6 Å². The van der Waals surface area contributed by atoms with Gasteiger partial charge in [-0.2, -0.15) is 0 Å². The highest BCUT2D eigenvalue weighted by molar-refractivity contribution is 7.89. The lowest BCUT2D eigenvalue weighted by Crippen LogP contribution is -3.18. The number of likely N-dealkylation sites (tertiary alicyclic amines) is 1. The van der Waals surface area contributed by atoms with E-state index in [-0.39, 0.29) is 6.04 Å². The summed E-state index contributed by atoms with van der Waals surface area (Å²) in [5.74, 6) is 0. The van der Waals surface area contributed by atoms with Crippen LogP contribution in [-0.2, 0) is 10.0 Å². The molecule has 2 fully saturated rings. The van der Waals surface area contributed by atoms with E-state index in [0.29, 0.717) is 16.0 Å². The summed E-state index contributed by atoms with van der Waals surface area (Å²) in [7, 11) is -3.47. The Balaban J connectivity index is 1.74. The molecule has 3 rings (SSSR count). The van der Waals surface area contributed by atoms with Gasteiger partial charge >= 0.3 is 0 Å². The van der Waals surface area contributed by atoms with Crippen molar-refractivity contribution in [3.63, 3.8) is 0 Å². The molecule has 2 N–H and O–H groups in total. The normalized spacial score (nSPS) is 27.0. The fourth-order valence-electron chi connectivity index (χ4n) is 4.02. The van der Waals surface area contributed by atoms with Crippen LogP contribution in [0.4, 0.5) is 0 Å². The maximum absolute atomic E-state index is 12.7. The molecule has 0 radical (unpaired) electrons. The Morgan fingerprint density at radius 3 is 2.30 bits per heavy atom. The van der Waals surface area contributed by atoms with Gasteiger partial charge in [-0.05, 0) is 56.4 Å². The summed E-state index contributed by atoms with van der Waals surface area (Å²) >= 11 is 5.86. The van der Waals surface area contributed by atoms with Crippen LogP contribution in [0.5, 0.6) is 0 Å². The van der Waals surface area contributed by atoms with Crippen LogP contribution in [0.25, 0.3) is 0 Å². The van der Waals surface area contributed by atoms with E-state index < -0.39 is 10.0 Å². The van der Waals surface area contributed by atoms with Crippen LogP contribution in [-0.4, -0.2) is 33.6 Å². The maximum atomic E-state index is 12.7. The lowest BCUT2D eigenvalue weighted by Gasteiger charge is -2.39. The first-order valence-electron chi connectivity index (χ1n) is 8.69. The van der Waals surface area contributed by atoms with Crippen LogP contribution in [0.2, 0.25) is 5.02 Å². The zero-order valence-corrected chi connectivity index (χ0v) is 15.0. The highest BCUT2D eigenvalue weighted by Crippen LogP contribution is 2.21. The summed E-state index contributed by atoms with van der Waals surface area (Å²) in [6.45, 7) is 2.37. The molecule has 1 aliphatic carbocycles. The molecule has 4 nitrogen and oxygen atoms in total. The first-order valence-corrected chi connectivity index (χ1v) is 10.5. The topological polar surface area (TPSA) is 50.6 Å². The second kappa shape index (κ2) is 7.51. The molecule has 0 bridgehead atoms. The molecule has 0 aromatic heterocycles. The molecule has 23 heavy (non-hydrogen) atoms. The number of nitrogens with one attached hydrogen (secondary N) is 2. The lowest BCUT2D eigenvalue weighted by atomic mass is 9.89. The summed E-state index contributed by atoms with van der Waals surface area (Å²) in [4.78, 5) is 1.90. The van der Waals surface area contributed by atoms with E-state index in [2.05, 4.69) is 4.72 Å². The van der Waals surface area contributed by atoms with Crippen LogP contribution in [0.1, 0.15) is 44.9 Å². The SMILES string of the molecule is O=S(=O)(NC1CCCCC1[NH+]1CCCCC1)c1ccc(Cl)cc1. The number of piperidine rings is 1. The second-order valence-electron chi connectivity index (χ2n) is 6.79. The number of hydrogen-bond acceptors (Lipinski definition) is 2. The molecular formula is C17H26ClN2O2S+. The molecule has 1 aliphatic heterocycles. The average molecular weight is 358 g/mol. The highest BCUT2D eigenvalue weighted by atomic mass is 35.5. The summed E-state index contributed by atoms with van der Waals surface area (Å²) < 4.78 is 28.3. The van der Waals surface area contributed by atoms with E-state index in [1.165, 1.54) is 38.8 Å². The predicted octanol–water partition coefficient (Wildman–Crippen LogP) is 2.00. The van der Waals surface area contributed by atoms with Crippen molar-refractivity contribution in [1.82, 2.24) is 4.72 Å². The zero-order valence-electron chi connectivity index (χ0n) is 13.4. The van der Waals surface area contributed by atoms with Gasteiger partial charge in [-0.3, -0.25) is 0 Å². The van der Waals surface area contributed by atoms with Crippen molar-refractivity contribution in [2.75, 3.05) is 13.1 Å². The van der Waals surface area contributed by atoms with E-state index in [4.69, 9.17) is 11.6 Å². The van der Waals surface area contributed by atoms with Gasteiger partial charge in [-0.15, -0.1) is 0 Å². The third-order valence-electron chi connectivity index (χ3n) is 5.22. The van der Waals surface area contributed by atoms with Crippen molar-refractivity contribution in [2.24, 2.45) is 0 Å². The van der Waals surface area contributed by atoms with Crippen molar-refractivity contribution in [3.05, 3.63) is 29.3 Å². The van der Waals surface area contributed by atoms with E-state index >= 15 is 0 Å². The van der Waals surface area contributed by atoms with E-state index in [1.54, 1.807) is 29.2 Å². The summed E-state index contributed by atoms with van der Waals surface area (Å²) in [5.41, 5.74) is 0. The Labute approximate surface area is 144 Å². The monoisotopic (exact) mass is 357 g/mol. The number of quaternary nitrogens is 1. The lowest BCUT2D eigenvalue weighted by molar-refractivity contribution is -0.932. The minimum absolute atomic E-state index is 0.0533. The van der Waals surface area contributed by atoms with Crippen LogP contribution in [0, 0.1) is 0 Å². The smallest absolute Gasteiger partial charge is 0.241 e. The van der Waals surface area contributed by atoms with Crippen LogP contribution in [0.3, 0.4) is 0 Å². The van der Waals surface area contributed by atoms with Crippen molar-refractivity contribution in [3.8, 4) is 0 Å². The quantitative estimate of drug-likeness (QED) is 0.866. The molecule has 1 heterocycles. The molecule has 0 spiro atoms. The standard InChI is InChI=1S/C17H25ClN2O2S/c18-14-8-10-15(11-9-14)23(21,22)19-16-6-2-3-7-17(16)20-12-4-1-5-13-20/h8-11,16-17,19H,1-7,12-13H2/p+1. The Kier molecular flexibility index (Phi) is 5.62. The highest BCUT2D eigenvalue weighted by Gasteiger charge is 2.36. The molecule has 1 aromatic rings. The van der Waals surface area contributed by atoms with Gasteiger partial charge in [0.1, 0.15) is 6.04 Å². The fraction of sp³-hybridized carbons (Fsp3) is 0.647. The first-order chi connectivity index (χ1) is 11.1. The minimum atomic E-state index is -3.47. The Morgan fingerprint density at radius 1 is 0.957 bits per heavy atom. The molecule has 1 saturated heterocycles. The van der Waals surface area contributed by atoms with Gasteiger partial charge in [0.2, 0.25) is 10.0 Å². The molecule has 0 amide bonds. The summed E-state index contributed by atoms with van der Waals surface area (Å²) in [5, 5.41) is 0.553. The third kappa shape index (κ3) is 4.27. The van der Waals surface area contributed by atoms with Crippen molar-refractivity contribution in [2.45, 2.75) is 61.9 Å². The predicted molar refractivity (Wildman–Crippen MR) is 92.4 cm³/mol. The first kappa shape index (κ1) is 17.2. The molecule has 2 aliphatic rings. The summed E-state index contributed by atoms with van der Waals surface area (Å²) in [6, 6.07) is 6.89. The number of rotatable bonds is 4. The van der Waals surface area contributed by atoms with Crippen LogP contribution >= 0.6 is 11.6 Å². The molecule has 2 unspecified atom stereocenters. The molecule has 1 saturated carbocycles. The van der Waals surface area contributed by atoms with Gasteiger partial charge in [0.05, 0.1) is 24.0 Å². The largest absolute Gasteiger partial charge is 0.331 e. The fourth-order valence-corrected chi connectivity index (χ4v) is 5.46. The molecule has 1 aromatic carbocycles. The number of halogens is 1. The van der Waals surface area contributed by atoms with E-state index in [0.717, 1.165) is 19.3 Å². The van der Waals surface area contributed by atoms with Gasteiger partial charge in [0, 0.05) is 11.4 Å². The number of benzene rings is 1. The second-order valence-corrected chi connectivity index (χ2v) is 8.94. The van der Waals surface area contributed by atoms with Gasteiger partial charge in [-0.25, -0.2) is 13.1 Å². The Bertz CT molecular complexity index is 612. The maximum Gasteiger partial charge on any atom is 0.241 e. The third-order valence-corrected chi connectivity index (χ3v) is 6.97. The van der Waals surface area contributed by atoms with Crippen LogP contribution in [0.15, 0.2) is 29.2 Å². The number of sulfonamides is 1. The van der Waals surface area contributed by atoms with E-state index in [9.17, 15) is 8.42 Å². The van der Waals surface area contributed by atoms with Crippen molar-refractivity contribution in [1.29, 1.82) is 0 Å².